The van der Waals surface area contributed by atoms with Crippen molar-refractivity contribution in [3.8, 4) is 0 Å². The molecule has 1 fully saturated rings. The largest absolute Gasteiger partial charge is 0.342 e. The molecule has 4 nitrogen and oxygen atoms in total. The van der Waals surface area contributed by atoms with E-state index < -0.39 is 15.1 Å². The van der Waals surface area contributed by atoms with Gasteiger partial charge in [-0.3, -0.25) is 4.79 Å². The van der Waals surface area contributed by atoms with E-state index in [9.17, 15) is 13.2 Å². The Labute approximate surface area is 124 Å². The molecule has 20 heavy (non-hydrogen) atoms. The van der Waals surface area contributed by atoms with Crippen molar-refractivity contribution >= 4 is 27.3 Å². The Morgan fingerprint density at radius 3 is 2.70 bits per heavy atom. The lowest BCUT2D eigenvalue weighted by Crippen LogP contribution is -2.32. The van der Waals surface area contributed by atoms with Crippen molar-refractivity contribution in [3.63, 3.8) is 0 Å². The van der Waals surface area contributed by atoms with Crippen molar-refractivity contribution in [2.75, 3.05) is 18.8 Å². The molecule has 0 saturated carbocycles. The predicted octanol–water partition coefficient (Wildman–Crippen LogP) is 2.44. The van der Waals surface area contributed by atoms with Crippen LogP contribution in [0.2, 0.25) is 5.02 Å². The first-order valence-corrected chi connectivity index (χ1v) is 8.79. The minimum absolute atomic E-state index is 0.00000798. The molecular formula is C14H18ClNO3S. The number of carbonyl (C=O) groups excluding carboxylic acids is 1. The fourth-order valence-corrected chi connectivity index (χ4v) is 4.65. The van der Waals surface area contributed by atoms with Gasteiger partial charge in [-0.15, -0.1) is 0 Å². The van der Waals surface area contributed by atoms with Gasteiger partial charge in [-0.1, -0.05) is 36.7 Å². The van der Waals surface area contributed by atoms with Crippen molar-refractivity contribution in [1.82, 2.24) is 4.90 Å². The lowest BCUT2D eigenvalue weighted by molar-refractivity contribution is -0.130. The van der Waals surface area contributed by atoms with E-state index in [1.54, 1.807) is 36.1 Å². The van der Waals surface area contributed by atoms with E-state index in [1.165, 1.54) is 0 Å². The maximum absolute atomic E-state index is 12.4. The van der Waals surface area contributed by atoms with Gasteiger partial charge >= 0.3 is 0 Å². The van der Waals surface area contributed by atoms with Gasteiger partial charge in [0, 0.05) is 24.5 Å². The van der Waals surface area contributed by atoms with Gasteiger partial charge in [-0.2, -0.15) is 0 Å². The molecule has 110 valence electrons. The molecule has 0 spiro atoms. The van der Waals surface area contributed by atoms with Gasteiger partial charge in [0.1, 0.15) is 0 Å². The summed E-state index contributed by atoms with van der Waals surface area (Å²) in [5.74, 6) is -0.00532. The second-order valence-corrected chi connectivity index (χ2v) is 7.61. The Kier molecular flexibility index (Phi) is 4.70. The van der Waals surface area contributed by atoms with Crippen molar-refractivity contribution < 1.29 is 13.2 Å². The smallest absolute Gasteiger partial charge is 0.222 e. The molecular weight excluding hydrogens is 298 g/mol. The van der Waals surface area contributed by atoms with Crippen LogP contribution < -0.4 is 0 Å². The summed E-state index contributed by atoms with van der Waals surface area (Å²) in [5.41, 5.74) is 0.639. The summed E-state index contributed by atoms with van der Waals surface area (Å²) >= 11 is 6.12. The molecule has 6 heteroatoms. The van der Waals surface area contributed by atoms with E-state index in [1.807, 2.05) is 0 Å². The van der Waals surface area contributed by atoms with Crippen molar-refractivity contribution in [1.29, 1.82) is 0 Å². The van der Waals surface area contributed by atoms with E-state index in [4.69, 9.17) is 11.6 Å². The number of hydrogen-bond donors (Lipinski definition) is 0. The van der Waals surface area contributed by atoms with Gasteiger partial charge in [-0.05, 0) is 18.1 Å². The summed E-state index contributed by atoms with van der Waals surface area (Å²) < 4.78 is 24.8. The second kappa shape index (κ2) is 6.14. The lowest BCUT2D eigenvalue weighted by Gasteiger charge is -2.19. The zero-order valence-electron chi connectivity index (χ0n) is 11.4. The molecule has 1 aromatic rings. The maximum Gasteiger partial charge on any atom is 0.222 e. The quantitative estimate of drug-likeness (QED) is 0.842. The van der Waals surface area contributed by atoms with Crippen LogP contribution >= 0.6 is 11.6 Å². The molecule has 1 atom stereocenters. The van der Waals surface area contributed by atoms with Crippen LogP contribution in [0, 0.1) is 0 Å². The van der Waals surface area contributed by atoms with Crippen LogP contribution in [0.1, 0.15) is 30.6 Å². The molecule has 0 aromatic heterocycles. The van der Waals surface area contributed by atoms with Gasteiger partial charge < -0.3 is 4.90 Å². The van der Waals surface area contributed by atoms with Crippen molar-refractivity contribution in [2.45, 2.75) is 25.0 Å². The molecule has 1 amide bonds. The normalized spacial score (nSPS) is 22.3. The number of carbonyl (C=O) groups is 1. The van der Waals surface area contributed by atoms with Gasteiger partial charge in [-0.25, -0.2) is 8.42 Å². The van der Waals surface area contributed by atoms with Crippen LogP contribution in [-0.4, -0.2) is 38.1 Å². The highest BCUT2D eigenvalue weighted by atomic mass is 35.5. The minimum Gasteiger partial charge on any atom is -0.342 e. The zero-order chi connectivity index (χ0) is 14.8. The molecule has 1 aromatic carbocycles. The number of hydrogen-bond acceptors (Lipinski definition) is 3. The van der Waals surface area contributed by atoms with E-state index in [0.717, 1.165) is 0 Å². The van der Waals surface area contributed by atoms with Crippen LogP contribution in [-0.2, 0) is 14.6 Å². The number of rotatable bonds is 2. The van der Waals surface area contributed by atoms with Crippen molar-refractivity contribution in [3.05, 3.63) is 34.9 Å². The highest BCUT2D eigenvalue weighted by molar-refractivity contribution is 7.91. The number of nitrogens with zero attached hydrogens (tertiary/aromatic N) is 1. The molecule has 0 bridgehead atoms. The number of amides is 1. The van der Waals surface area contributed by atoms with Gasteiger partial charge in [0.15, 0.2) is 9.84 Å². The van der Waals surface area contributed by atoms with Gasteiger partial charge in [0.25, 0.3) is 0 Å². The molecule has 1 heterocycles. The Morgan fingerprint density at radius 1 is 1.35 bits per heavy atom. The second-order valence-electron chi connectivity index (χ2n) is 4.90. The topological polar surface area (TPSA) is 54.5 Å². The monoisotopic (exact) mass is 315 g/mol. The zero-order valence-corrected chi connectivity index (χ0v) is 13.0. The Hall–Kier alpha value is -1.07. The predicted molar refractivity (Wildman–Crippen MR) is 79.5 cm³/mol. The minimum atomic E-state index is -3.29. The first-order valence-electron chi connectivity index (χ1n) is 6.69. The first kappa shape index (κ1) is 15.3. The van der Waals surface area contributed by atoms with Crippen LogP contribution in [0.4, 0.5) is 0 Å². The van der Waals surface area contributed by atoms with Crippen LogP contribution in [0.15, 0.2) is 24.3 Å². The molecule has 0 aliphatic carbocycles. The summed E-state index contributed by atoms with van der Waals surface area (Å²) in [6, 6.07) is 7.02. The highest BCUT2D eigenvalue weighted by Gasteiger charge is 2.33. The van der Waals surface area contributed by atoms with Crippen LogP contribution in [0.5, 0.6) is 0 Å². The third-order valence-electron chi connectivity index (χ3n) is 3.65. The molecule has 0 radical (unpaired) electrons. The van der Waals surface area contributed by atoms with E-state index in [0.29, 0.717) is 30.0 Å². The summed E-state index contributed by atoms with van der Waals surface area (Å²) in [6.45, 7) is 2.52. The SMILES string of the molecule is CCC(=O)N1CCC(c2ccccc2Cl)S(=O)(=O)CC1. The van der Waals surface area contributed by atoms with Crippen LogP contribution in [0.25, 0.3) is 0 Å². The van der Waals surface area contributed by atoms with Gasteiger partial charge in [0.2, 0.25) is 5.91 Å². The molecule has 2 rings (SSSR count). The summed E-state index contributed by atoms with van der Waals surface area (Å²) in [7, 11) is -3.29. The third kappa shape index (κ3) is 3.15. The summed E-state index contributed by atoms with van der Waals surface area (Å²) in [6.07, 6.45) is 0.800. The number of halogens is 1. The molecule has 1 saturated heterocycles. The Bertz CT molecular complexity index is 600. The molecule has 1 unspecified atom stereocenters. The van der Waals surface area contributed by atoms with Gasteiger partial charge in [0.05, 0.1) is 11.0 Å². The van der Waals surface area contributed by atoms with E-state index >= 15 is 0 Å². The van der Waals surface area contributed by atoms with Crippen LogP contribution in [0.3, 0.4) is 0 Å². The van der Waals surface area contributed by atoms with E-state index in [2.05, 4.69) is 0 Å². The Balaban J connectivity index is 2.30. The average Bonchev–Trinajstić information content (AvgIpc) is 2.57. The van der Waals surface area contributed by atoms with E-state index in [-0.39, 0.29) is 18.2 Å². The Morgan fingerprint density at radius 2 is 2.05 bits per heavy atom. The third-order valence-corrected chi connectivity index (χ3v) is 6.10. The maximum atomic E-state index is 12.4. The first-order chi connectivity index (χ1) is 9.45. The molecule has 1 aliphatic heterocycles. The standard InChI is InChI=1S/C14H18ClNO3S/c1-2-14(17)16-8-7-13(20(18,19)10-9-16)11-5-3-4-6-12(11)15/h3-6,13H,2,7-10H2,1H3. The lowest BCUT2D eigenvalue weighted by atomic mass is 10.1. The average molecular weight is 316 g/mol. The number of benzene rings is 1. The number of sulfone groups is 1. The molecule has 1 aliphatic rings. The highest BCUT2D eigenvalue weighted by Crippen LogP contribution is 2.33. The summed E-state index contributed by atoms with van der Waals surface area (Å²) in [4.78, 5) is 13.4. The van der Waals surface area contributed by atoms with Crippen molar-refractivity contribution in [2.24, 2.45) is 0 Å². The fraction of sp³-hybridized carbons (Fsp3) is 0.500. The summed E-state index contributed by atoms with van der Waals surface area (Å²) in [5, 5.41) is -0.151. The fourth-order valence-electron chi connectivity index (χ4n) is 2.50. The molecule has 0 N–H and O–H groups in total.